The zero-order chi connectivity index (χ0) is 14.8. The van der Waals surface area contributed by atoms with Gasteiger partial charge in [-0.05, 0) is 40.2 Å². The highest BCUT2D eigenvalue weighted by atomic mass is 79.9. The van der Waals surface area contributed by atoms with E-state index in [1.807, 2.05) is 30.3 Å². The van der Waals surface area contributed by atoms with E-state index in [0.29, 0.717) is 11.3 Å². The minimum atomic E-state index is -0.974. The van der Waals surface area contributed by atoms with Crippen LogP contribution in [0.1, 0.15) is 17.4 Å². The van der Waals surface area contributed by atoms with Crippen LogP contribution < -0.4 is 0 Å². The summed E-state index contributed by atoms with van der Waals surface area (Å²) in [5.41, 5.74) is 1.88. The maximum Gasteiger partial charge on any atom is 0.137 e. The molecule has 1 aromatic heterocycles. The van der Waals surface area contributed by atoms with Gasteiger partial charge in [-0.15, -0.1) is 0 Å². The first-order valence-corrected chi connectivity index (χ1v) is 7.19. The fraction of sp³-hybridized carbons (Fsp3) is 0.0625. The number of hydrogen-bond acceptors (Lipinski definition) is 2. The lowest BCUT2D eigenvalue weighted by Gasteiger charge is -2.15. The van der Waals surface area contributed by atoms with Crippen molar-refractivity contribution < 1.29 is 9.50 Å². The number of hydrogen-bond donors (Lipinski definition) is 1. The van der Waals surface area contributed by atoms with Gasteiger partial charge in [0.1, 0.15) is 11.9 Å². The molecule has 0 bridgehead atoms. The zero-order valence-corrected chi connectivity index (χ0v) is 12.5. The van der Waals surface area contributed by atoms with Crippen LogP contribution in [0.5, 0.6) is 0 Å². The van der Waals surface area contributed by atoms with Crippen LogP contribution in [0.25, 0.3) is 5.69 Å². The Morgan fingerprint density at radius 1 is 1.05 bits per heavy atom. The summed E-state index contributed by atoms with van der Waals surface area (Å²) in [6.45, 7) is 0. The quantitative estimate of drug-likeness (QED) is 0.781. The van der Waals surface area contributed by atoms with Crippen LogP contribution in [0.15, 0.2) is 65.3 Å². The minimum absolute atomic E-state index is 0.262. The Bertz CT molecular complexity index is 758. The first kappa shape index (κ1) is 14.0. The monoisotopic (exact) mass is 346 g/mol. The summed E-state index contributed by atoms with van der Waals surface area (Å²) in [6, 6.07) is 15.8. The van der Waals surface area contributed by atoms with Gasteiger partial charge >= 0.3 is 0 Å². The molecule has 1 N–H and O–H groups in total. The third kappa shape index (κ3) is 2.62. The molecule has 106 valence electrons. The molecule has 0 fully saturated rings. The Morgan fingerprint density at radius 2 is 1.81 bits per heavy atom. The predicted molar refractivity (Wildman–Crippen MR) is 81.7 cm³/mol. The Labute approximate surface area is 129 Å². The second kappa shape index (κ2) is 5.79. The first-order chi connectivity index (χ1) is 10.2. The summed E-state index contributed by atoms with van der Waals surface area (Å²) in [5.74, 6) is -0.405. The number of aromatic nitrogens is 2. The normalized spacial score (nSPS) is 12.3. The number of halogens is 2. The van der Waals surface area contributed by atoms with Crippen molar-refractivity contribution in [3.63, 3.8) is 0 Å². The average molecular weight is 347 g/mol. The fourth-order valence-corrected chi connectivity index (χ4v) is 2.68. The standard InChI is InChI=1S/C16H12BrFN2O/c17-15-12(7-4-8-13(15)18)16(21)14-9-10-19-20(14)11-5-2-1-3-6-11/h1-10,16,21H. The summed E-state index contributed by atoms with van der Waals surface area (Å²) in [5, 5.41) is 14.8. The minimum Gasteiger partial charge on any atom is -0.382 e. The second-order valence-electron chi connectivity index (χ2n) is 4.55. The van der Waals surface area contributed by atoms with Crippen LogP contribution in [-0.4, -0.2) is 14.9 Å². The molecule has 0 aliphatic rings. The van der Waals surface area contributed by atoms with Crippen molar-refractivity contribution in [2.45, 2.75) is 6.10 Å². The van der Waals surface area contributed by atoms with Crippen LogP contribution in [0, 0.1) is 5.82 Å². The molecule has 1 heterocycles. The highest BCUT2D eigenvalue weighted by molar-refractivity contribution is 9.10. The van der Waals surface area contributed by atoms with E-state index in [1.54, 1.807) is 29.1 Å². The van der Waals surface area contributed by atoms with Crippen molar-refractivity contribution in [1.82, 2.24) is 9.78 Å². The fourth-order valence-electron chi connectivity index (χ4n) is 2.20. The molecule has 3 rings (SSSR count). The molecule has 0 amide bonds. The summed E-state index contributed by atoms with van der Waals surface area (Å²) < 4.78 is 15.5. The van der Waals surface area contributed by atoms with Gasteiger partial charge in [-0.1, -0.05) is 30.3 Å². The summed E-state index contributed by atoms with van der Waals surface area (Å²) in [4.78, 5) is 0. The van der Waals surface area contributed by atoms with Crippen molar-refractivity contribution in [3.05, 3.63) is 82.3 Å². The van der Waals surface area contributed by atoms with E-state index in [2.05, 4.69) is 21.0 Å². The number of rotatable bonds is 3. The van der Waals surface area contributed by atoms with Crippen molar-refractivity contribution in [3.8, 4) is 5.69 Å². The van der Waals surface area contributed by atoms with Gasteiger partial charge < -0.3 is 5.11 Å². The number of aliphatic hydroxyl groups excluding tert-OH is 1. The summed E-state index contributed by atoms with van der Waals surface area (Å²) >= 11 is 3.18. The van der Waals surface area contributed by atoms with Gasteiger partial charge in [0.05, 0.1) is 15.9 Å². The number of aliphatic hydroxyl groups is 1. The van der Waals surface area contributed by atoms with E-state index in [-0.39, 0.29) is 4.47 Å². The third-order valence-corrected chi connectivity index (χ3v) is 4.07. The number of para-hydroxylation sites is 1. The van der Waals surface area contributed by atoms with Crippen molar-refractivity contribution in [2.75, 3.05) is 0 Å². The van der Waals surface area contributed by atoms with Crippen LogP contribution >= 0.6 is 15.9 Å². The van der Waals surface area contributed by atoms with Gasteiger partial charge in [0, 0.05) is 11.8 Å². The Kier molecular flexibility index (Phi) is 3.86. The Hall–Kier alpha value is -1.98. The van der Waals surface area contributed by atoms with Crippen molar-refractivity contribution in [1.29, 1.82) is 0 Å². The summed E-state index contributed by atoms with van der Waals surface area (Å²) in [7, 11) is 0. The SMILES string of the molecule is OC(c1cccc(F)c1Br)c1ccnn1-c1ccccc1. The molecule has 3 aromatic rings. The molecule has 0 radical (unpaired) electrons. The van der Waals surface area contributed by atoms with Crippen LogP contribution in [0.4, 0.5) is 4.39 Å². The molecule has 2 aromatic carbocycles. The molecule has 5 heteroatoms. The zero-order valence-electron chi connectivity index (χ0n) is 10.9. The topological polar surface area (TPSA) is 38.1 Å². The molecule has 1 unspecified atom stereocenters. The largest absolute Gasteiger partial charge is 0.382 e. The first-order valence-electron chi connectivity index (χ1n) is 6.40. The van der Waals surface area contributed by atoms with E-state index < -0.39 is 11.9 Å². The van der Waals surface area contributed by atoms with Crippen LogP contribution in [0.3, 0.4) is 0 Å². The maximum absolute atomic E-state index is 13.6. The molecule has 0 saturated heterocycles. The van der Waals surface area contributed by atoms with Crippen molar-refractivity contribution >= 4 is 15.9 Å². The molecule has 1 atom stereocenters. The molecule has 0 aliphatic carbocycles. The molecule has 0 spiro atoms. The lowest BCUT2D eigenvalue weighted by atomic mass is 10.1. The molecule has 0 aliphatic heterocycles. The second-order valence-corrected chi connectivity index (χ2v) is 5.34. The van der Waals surface area contributed by atoms with Gasteiger partial charge in [-0.2, -0.15) is 5.10 Å². The maximum atomic E-state index is 13.6. The van der Waals surface area contributed by atoms with E-state index >= 15 is 0 Å². The molecule has 3 nitrogen and oxygen atoms in total. The van der Waals surface area contributed by atoms with Gasteiger partial charge in [0.25, 0.3) is 0 Å². The van der Waals surface area contributed by atoms with E-state index in [0.717, 1.165) is 5.69 Å². The van der Waals surface area contributed by atoms with Gasteiger partial charge in [-0.25, -0.2) is 9.07 Å². The van der Waals surface area contributed by atoms with E-state index in [4.69, 9.17) is 0 Å². The smallest absolute Gasteiger partial charge is 0.137 e. The highest BCUT2D eigenvalue weighted by Crippen LogP contribution is 2.31. The van der Waals surface area contributed by atoms with Crippen molar-refractivity contribution in [2.24, 2.45) is 0 Å². The van der Waals surface area contributed by atoms with Gasteiger partial charge in [-0.3, -0.25) is 0 Å². The lowest BCUT2D eigenvalue weighted by molar-refractivity contribution is 0.210. The van der Waals surface area contributed by atoms with Crippen LogP contribution in [0.2, 0.25) is 0 Å². The number of nitrogens with zero attached hydrogens (tertiary/aromatic N) is 2. The van der Waals surface area contributed by atoms with E-state index in [9.17, 15) is 9.50 Å². The van der Waals surface area contributed by atoms with Gasteiger partial charge in [0.2, 0.25) is 0 Å². The molecule has 21 heavy (non-hydrogen) atoms. The van der Waals surface area contributed by atoms with E-state index in [1.165, 1.54) is 6.07 Å². The lowest BCUT2D eigenvalue weighted by Crippen LogP contribution is -2.09. The molecule has 0 saturated carbocycles. The Balaban J connectivity index is 2.06. The summed E-state index contributed by atoms with van der Waals surface area (Å²) in [6.07, 6.45) is 0.636. The Morgan fingerprint density at radius 3 is 2.57 bits per heavy atom. The average Bonchev–Trinajstić information content (AvgIpc) is 3.00. The highest BCUT2D eigenvalue weighted by Gasteiger charge is 2.20. The molecular formula is C16H12BrFN2O. The number of benzene rings is 2. The third-order valence-electron chi connectivity index (χ3n) is 3.23. The van der Waals surface area contributed by atoms with Gasteiger partial charge in [0.15, 0.2) is 0 Å². The predicted octanol–water partition coefficient (Wildman–Crippen LogP) is 3.86. The van der Waals surface area contributed by atoms with Crippen LogP contribution in [-0.2, 0) is 0 Å². The molecular weight excluding hydrogens is 335 g/mol.